The topological polar surface area (TPSA) is 65.2 Å². The van der Waals surface area contributed by atoms with Gasteiger partial charge in [-0.05, 0) is 19.1 Å². The lowest BCUT2D eigenvalue weighted by molar-refractivity contribution is -0.139. The van der Waals surface area contributed by atoms with Gasteiger partial charge in [0.05, 0.1) is 36.2 Å². The van der Waals surface area contributed by atoms with Crippen molar-refractivity contribution in [1.82, 2.24) is 24.0 Å². The Kier molecular flexibility index (Phi) is 4.46. The Balaban J connectivity index is 1.40. The fraction of sp³-hybridized carbons (Fsp3) is 0.421. The van der Waals surface area contributed by atoms with E-state index < -0.39 is 0 Å². The number of aromatic nitrogens is 4. The molecule has 3 aromatic rings. The minimum Gasteiger partial charge on any atom is -0.367 e. The van der Waals surface area contributed by atoms with Crippen molar-refractivity contribution in [3.63, 3.8) is 0 Å². The molecule has 0 spiro atoms. The maximum absolute atomic E-state index is 12.7. The Morgan fingerprint density at radius 1 is 1.35 bits per heavy atom. The fourth-order valence-corrected chi connectivity index (χ4v) is 3.53. The van der Waals surface area contributed by atoms with E-state index in [0.717, 1.165) is 22.6 Å². The van der Waals surface area contributed by atoms with E-state index in [9.17, 15) is 4.79 Å². The monoisotopic (exact) mass is 353 g/mol. The number of imidazole rings is 2. The first-order valence-electron chi connectivity index (χ1n) is 8.91. The van der Waals surface area contributed by atoms with E-state index in [4.69, 9.17) is 4.74 Å². The molecule has 0 unspecified atom stereocenters. The smallest absolute Gasteiger partial charge is 0.224 e. The summed E-state index contributed by atoms with van der Waals surface area (Å²) in [5, 5.41) is 0. The number of carbonyl (C=O) groups excluding carboxylic acids is 1. The van der Waals surface area contributed by atoms with Crippen LogP contribution in [0.1, 0.15) is 24.0 Å². The lowest BCUT2D eigenvalue weighted by Crippen LogP contribution is -2.43. The van der Waals surface area contributed by atoms with Gasteiger partial charge < -0.3 is 18.8 Å². The Morgan fingerprint density at radius 2 is 2.19 bits per heavy atom. The summed E-state index contributed by atoms with van der Waals surface area (Å²) < 4.78 is 9.87. The lowest BCUT2D eigenvalue weighted by Gasteiger charge is -2.32. The minimum absolute atomic E-state index is 0.141. The number of amides is 1. The van der Waals surface area contributed by atoms with E-state index >= 15 is 0 Å². The van der Waals surface area contributed by atoms with E-state index in [1.165, 1.54) is 0 Å². The fourth-order valence-electron chi connectivity index (χ4n) is 3.53. The largest absolute Gasteiger partial charge is 0.367 e. The summed E-state index contributed by atoms with van der Waals surface area (Å²) in [5.41, 5.74) is 2.97. The molecule has 1 saturated heterocycles. The zero-order valence-corrected chi connectivity index (χ0v) is 15.1. The number of fused-ring (bicyclic) bond motifs is 1. The van der Waals surface area contributed by atoms with Crippen LogP contribution in [-0.4, -0.2) is 49.6 Å². The second-order valence-corrected chi connectivity index (χ2v) is 6.73. The lowest BCUT2D eigenvalue weighted by atomic mass is 10.2. The summed E-state index contributed by atoms with van der Waals surface area (Å²) >= 11 is 0. The second kappa shape index (κ2) is 6.92. The first-order valence-corrected chi connectivity index (χ1v) is 8.91. The molecule has 0 saturated carbocycles. The van der Waals surface area contributed by atoms with Crippen LogP contribution in [0.4, 0.5) is 0 Å². The third-order valence-electron chi connectivity index (χ3n) is 4.83. The average Bonchev–Trinajstić information content (AvgIpc) is 3.22. The summed E-state index contributed by atoms with van der Waals surface area (Å²) in [6, 6.07) is 7.97. The number of morpholine rings is 1. The number of rotatable bonds is 4. The predicted molar refractivity (Wildman–Crippen MR) is 97.6 cm³/mol. The summed E-state index contributed by atoms with van der Waals surface area (Å²) in [6.45, 7) is 4.31. The van der Waals surface area contributed by atoms with Gasteiger partial charge in [0.1, 0.15) is 11.9 Å². The van der Waals surface area contributed by atoms with Crippen molar-refractivity contribution >= 4 is 16.9 Å². The first kappa shape index (κ1) is 16.8. The molecule has 7 nitrogen and oxygen atoms in total. The van der Waals surface area contributed by atoms with Gasteiger partial charge in [0.25, 0.3) is 0 Å². The normalized spacial score (nSPS) is 17.8. The predicted octanol–water partition coefficient (Wildman–Crippen LogP) is 2.07. The number of carbonyl (C=O) groups is 1. The van der Waals surface area contributed by atoms with E-state index in [0.29, 0.717) is 32.7 Å². The molecule has 1 aromatic carbocycles. The molecule has 0 aliphatic carbocycles. The third-order valence-corrected chi connectivity index (χ3v) is 4.83. The Labute approximate surface area is 152 Å². The van der Waals surface area contributed by atoms with E-state index in [1.807, 2.05) is 58.5 Å². The Bertz CT molecular complexity index is 929. The van der Waals surface area contributed by atoms with Crippen LogP contribution >= 0.6 is 0 Å². The summed E-state index contributed by atoms with van der Waals surface area (Å²) in [4.78, 5) is 23.5. The molecule has 2 aromatic heterocycles. The molecule has 1 atom stereocenters. The molecular formula is C19H23N5O2. The molecule has 136 valence electrons. The summed E-state index contributed by atoms with van der Waals surface area (Å²) in [7, 11) is 1.96. The van der Waals surface area contributed by atoms with Crippen molar-refractivity contribution in [1.29, 1.82) is 0 Å². The van der Waals surface area contributed by atoms with Gasteiger partial charge in [0.2, 0.25) is 5.91 Å². The number of nitrogens with zero attached hydrogens (tertiary/aromatic N) is 5. The van der Waals surface area contributed by atoms with Crippen LogP contribution in [0.25, 0.3) is 11.0 Å². The molecule has 0 bridgehead atoms. The molecule has 1 amide bonds. The molecule has 1 aliphatic rings. The molecule has 0 radical (unpaired) electrons. The van der Waals surface area contributed by atoms with Crippen LogP contribution < -0.4 is 0 Å². The standard InChI is InChI=1S/C19H23N5O2/c1-14-11-22(2)19(21-14)17-12-23(9-10-26-17)18(25)7-8-24-13-20-15-5-3-4-6-16(15)24/h3-6,11,13,17H,7-10,12H2,1-2H3/t17-/m0/s1. The highest BCUT2D eigenvalue weighted by atomic mass is 16.5. The molecule has 0 N–H and O–H groups in total. The van der Waals surface area contributed by atoms with Crippen LogP contribution in [-0.2, 0) is 23.1 Å². The van der Waals surface area contributed by atoms with Crippen LogP contribution in [0, 0.1) is 6.92 Å². The van der Waals surface area contributed by atoms with Crippen LogP contribution in [0.2, 0.25) is 0 Å². The number of ether oxygens (including phenoxy) is 1. The highest BCUT2D eigenvalue weighted by Gasteiger charge is 2.28. The molecular weight excluding hydrogens is 330 g/mol. The molecule has 3 heterocycles. The first-order chi connectivity index (χ1) is 12.6. The molecule has 26 heavy (non-hydrogen) atoms. The van der Waals surface area contributed by atoms with Gasteiger partial charge in [-0.2, -0.15) is 0 Å². The number of benzene rings is 1. The van der Waals surface area contributed by atoms with Gasteiger partial charge in [0, 0.05) is 32.8 Å². The summed E-state index contributed by atoms with van der Waals surface area (Å²) in [5.74, 6) is 1.02. The van der Waals surface area contributed by atoms with Gasteiger partial charge in [-0.25, -0.2) is 9.97 Å². The van der Waals surface area contributed by atoms with Gasteiger partial charge >= 0.3 is 0 Å². The van der Waals surface area contributed by atoms with Gasteiger partial charge in [-0.15, -0.1) is 0 Å². The minimum atomic E-state index is -0.166. The van der Waals surface area contributed by atoms with E-state index in [-0.39, 0.29) is 12.0 Å². The summed E-state index contributed by atoms with van der Waals surface area (Å²) in [6.07, 6.45) is 4.06. The zero-order chi connectivity index (χ0) is 18.1. The molecule has 7 heteroatoms. The van der Waals surface area contributed by atoms with E-state index in [2.05, 4.69) is 9.97 Å². The van der Waals surface area contributed by atoms with Gasteiger partial charge in [-0.1, -0.05) is 12.1 Å². The Hall–Kier alpha value is -2.67. The molecule has 1 aliphatic heterocycles. The van der Waals surface area contributed by atoms with Crippen molar-refractivity contribution < 1.29 is 9.53 Å². The quantitative estimate of drug-likeness (QED) is 0.720. The number of hydrogen-bond donors (Lipinski definition) is 0. The Morgan fingerprint density at radius 3 is 3.00 bits per heavy atom. The van der Waals surface area contributed by atoms with Crippen molar-refractivity contribution in [2.45, 2.75) is 26.0 Å². The van der Waals surface area contributed by atoms with Gasteiger partial charge in [0.15, 0.2) is 0 Å². The van der Waals surface area contributed by atoms with Crippen LogP contribution in [0.3, 0.4) is 0 Å². The van der Waals surface area contributed by atoms with Crippen molar-refractivity contribution in [3.05, 3.63) is 48.3 Å². The zero-order valence-electron chi connectivity index (χ0n) is 15.1. The highest BCUT2D eigenvalue weighted by Crippen LogP contribution is 2.22. The SMILES string of the molecule is Cc1cn(C)c([C@@H]2CN(C(=O)CCn3cnc4ccccc43)CCO2)n1. The van der Waals surface area contributed by atoms with Crippen molar-refractivity contribution in [3.8, 4) is 0 Å². The average molecular weight is 353 g/mol. The van der Waals surface area contributed by atoms with E-state index in [1.54, 1.807) is 6.33 Å². The second-order valence-electron chi connectivity index (χ2n) is 6.73. The highest BCUT2D eigenvalue weighted by molar-refractivity contribution is 5.77. The molecule has 1 fully saturated rings. The third kappa shape index (κ3) is 3.22. The maximum atomic E-state index is 12.7. The number of hydrogen-bond acceptors (Lipinski definition) is 4. The number of para-hydroxylation sites is 2. The van der Waals surface area contributed by atoms with Gasteiger partial charge in [-0.3, -0.25) is 4.79 Å². The molecule has 4 rings (SSSR count). The maximum Gasteiger partial charge on any atom is 0.224 e. The van der Waals surface area contributed by atoms with Crippen molar-refractivity contribution in [2.75, 3.05) is 19.7 Å². The number of aryl methyl sites for hydroxylation is 3. The van der Waals surface area contributed by atoms with Crippen LogP contribution in [0.15, 0.2) is 36.8 Å². The van der Waals surface area contributed by atoms with Crippen LogP contribution in [0.5, 0.6) is 0 Å². The van der Waals surface area contributed by atoms with Crippen molar-refractivity contribution in [2.24, 2.45) is 7.05 Å².